The van der Waals surface area contributed by atoms with Crippen LogP contribution in [0.2, 0.25) is 0 Å². The van der Waals surface area contributed by atoms with Gasteiger partial charge in [0.2, 0.25) is 0 Å². The van der Waals surface area contributed by atoms with E-state index in [1.807, 2.05) is 18.2 Å². The van der Waals surface area contributed by atoms with Crippen molar-refractivity contribution in [3.05, 3.63) is 29.8 Å². The zero-order chi connectivity index (χ0) is 9.26. The Balaban J connectivity index is 2.55. The topological polar surface area (TPSA) is 44.7 Å². The van der Waals surface area contributed by atoms with E-state index in [0.29, 0.717) is 11.3 Å². The average molecular weight is 175 g/mol. The highest BCUT2D eigenvalue weighted by atomic mass is 16.2. The molecule has 0 aliphatic carbocycles. The summed E-state index contributed by atoms with van der Waals surface area (Å²) >= 11 is 0. The molecule has 1 aromatic carbocycles. The van der Waals surface area contributed by atoms with Crippen molar-refractivity contribution in [2.45, 2.75) is 0 Å². The lowest BCUT2D eigenvalue weighted by Gasteiger charge is -2.13. The molecule has 2 rings (SSSR count). The van der Waals surface area contributed by atoms with Gasteiger partial charge in [-0.25, -0.2) is 4.99 Å². The van der Waals surface area contributed by atoms with Crippen LogP contribution in [-0.4, -0.2) is 24.3 Å². The maximum Gasteiger partial charge on any atom is 0.274 e. The number of hydrogen-bond acceptors (Lipinski definition) is 3. The minimum absolute atomic E-state index is 0.0758. The Bertz CT molecular complexity index is 373. The van der Waals surface area contributed by atoms with Crippen LogP contribution in [0.3, 0.4) is 0 Å². The van der Waals surface area contributed by atoms with Crippen molar-refractivity contribution in [3.8, 4) is 0 Å². The lowest BCUT2D eigenvalue weighted by molar-refractivity contribution is 0.0764. The van der Waals surface area contributed by atoms with E-state index in [2.05, 4.69) is 10.4 Å². The second-order valence-corrected chi connectivity index (χ2v) is 2.77. The molecule has 4 nitrogen and oxygen atoms in total. The number of carbonyl (C=O) groups is 1. The van der Waals surface area contributed by atoms with Crippen molar-refractivity contribution >= 4 is 17.9 Å². The molecule has 1 amide bonds. The zero-order valence-electron chi connectivity index (χ0n) is 7.19. The number of para-hydroxylation sites is 1. The molecule has 0 atom stereocenters. The van der Waals surface area contributed by atoms with Gasteiger partial charge in [0.15, 0.2) is 0 Å². The Morgan fingerprint density at radius 2 is 2.15 bits per heavy atom. The van der Waals surface area contributed by atoms with E-state index in [0.717, 1.165) is 0 Å². The zero-order valence-corrected chi connectivity index (χ0v) is 7.19. The number of amides is 1. The van der Waals surface area contributed by atoms with Crippen molar-refractivity contribution < 1.29 is 4.79 Å². The van der Waals surface area contributed by atoms with E-state index in [1.165, 1.54) is 11.3 Å². The molecule has 1 aliphatic heterocycles. The van der Waals surface area contributed by atoms with Crippen LogP contribution in [0.4, 0.5) is 5.69 Å². The van der Waals surface area contributed by atoms with E-state index in [9.17, 15) is 4.79 Å². The second kappa shape index (κ2) is 2.90. The maximum atomic E-state index is 11.6. The number of hydrazine groups is 1. The summed E-state index contributed by atoms with van der Waals surface area (Å²) in [6.07, 6.45) is 1.50. The normalized spacial score (nSPS) is 14.8. The summed E-state index contributed by atoms with van der Waals surface area (Å²) in [5.41, 5.74) is 4.05. The minimum Gasteiger partial charge on any atom is -0.285 e. The predicted octanol–water partition coefficient (Wildman–Crippen LogP) is 0.937. The Hall–Kier alpha value is -1.84. The van der Waals surface area contributed by atoms with Crippen LogP contribution in [0.5, 0.6) is 0 Å². The molecular formula is C9H9N3O. The van der Waals surface area contributed by atoms with Crippen LogP contribution in [0.25, 0.3) is 0 Å². The number of aliphatic imine (C=N–C) groups is 1. The molecule has 0 radical (unpaired) electrons. The van der Waals surface area contributed by atoms with E-state index in [1.54, 1.807) is 13.1 Å². The SMILES string of the molecule is CN1NC=Nc2ccccc2C1=O. The van der Waals surface area contributed by atoms with Gasteiger partial charge in [-0.2, -0.15) is 0 Å². The first-order valence-electron chi connectivity index (χ1n) is 3.95. The number of carbonyl (C=O) groups excluding carboxylic acids is 1. The van der Waals surface area contributed by atoms with Gasteiger partial charge in [0, 0.05) is 7.05 Å². The van der Waals surface area contributed by atoms with E-state index >= 15 is 0 Å². The first-order chi connectivity index (χ1) is 6.29. The van der Waals surface area contributed by atoms with Crippen LogP contribution in [0.1, 0.15) is 10.4 Å². The highest BCUT2D eigenvalue weighted by Gasteiger charge is 2.16. The van der Waals surface area contributed by atoms with Gasteiger partial charge in [0.25, 0.3) is 5.91 Å². The molecule has 1 aromatic rings. The van der Waals surface area contributed by atoms with Crippen LogP contribution in [0.15, 0.2) is 29.3 Å². The van der Waals surface area contributed by atoms with Gasteiger partial charge in [-0.1, -0.05) is 12.1 Å². The molecule has 0 spiro atoms. The molecule has 13 heavy (non-hydrogen) atoms. The summed E-state index contributed by atoms with van der Waals surface area (Å²) in [6.45, 7) is 0. The third-order valence-electron chi connectivity index (χ3n) is 1.89. The second-order valence-electron chi connectivity index (χ2n) is 2.77. The number of fused-ring (bicyclic) bond motifs is 1. The van der Waals surface area contributed by atoms with Gasteiger partial charge in [-0.15, -0.1) is 0 Å². The third-order valence-corrected chi connectivity index (χ3v) is 1.89. The Kier molecular flexibility index (Phi) is 1.73. The quantitative estimate of drug-likeness (QED) is 0.637. The highest BCUT2D eigenvalue weighted by Crippen LogP contribution is 2.20. The smallest absolute Gasteiger partial charge is 0.274 e. The number of benzene rings is 1. The molecule has 0 saturated heterocycles. The summed E-state index contributed by atoms with van der Waals surface area (Å²) < 4.78 is 0. The summed E-state index contributed by atoms with van der Waals surface area (Å²) in [5.74, 6) is -0.0758. The van der Waals surface area contributed by atoms with Crippen molar-refractivity contribution in [3.63, 3.8) is 0 Å². The standard InChI is InChI=1S/C9H9N3O/c1-12-9(13)7-4-2-3-5-8(7)10-6-11-12/h2-6H,1H3,(H,10,11). The van der Waals surface area contributed by atoms with Crippen LogP contribution in [-0.2, 0) is 0 Å². The first-order valence-corrected chi connectivity index (χ1v) is 3.95. The number of rotatable bonds is 0. The van der Waals surface area contributed by atoms with Gasteiger partial charge >= 0.3 is 0 Å². The fraction of sp³-hybridized carbons (Fsp3) is 0.111. The van der Waals surface area contributed by atoms with Crippen molar-refractivity contribution in [1.29, 1.82) is 0 Å². The maximum absolute atomic E-state index is 11.6. The summed E-state index contributed by atoms with van der Waals surface area (Å²) in [5, 5.41) is 1.40. The van der Waals surface area contributed by atoms with E-state index < -0.39 is 0 Å². The largest absolute Gasteiger partial charge is 0.285 e. The third kappa shape index (κ3) is 1.26. The summed E-state index contributed by atoms with van der Waals surface area (Å²) in [4.78, 5) is 15.7. The Morgan fingerprint density at radius 1 is 1.38 bits per heavy atom. The lowest BCUT2D eigenvalue weighted by atomic mass is 10.1. The molecule has 0 bridgehead atoms. The molecular weight excluding hydrogens is 166 g/mol. The molecule has 0 saturated carbocycles. The molecule has 0 unspecified atom stereocenters. The highest BCUT2D eigenvalue weighted by molar-refractivity contribution is 6.00. The van der Waals surface area contributed by atoms with Crippen LogP contribution < -0.4 is 5.43 Å². The molecule has 0 fully saturated rings. The van der Waals surface area contributed by atoms with Gasteiger partial charge in [0.1, 0.15) is 6.34 Å². The average Bonchev–Trinajstić information content (AvgIpc) is 2.29. The molecule has 4 heteroatoms. The minimum atomic E-state index is -0.0758. The fourth-order valence-corrected chi connectivity index (χ4v) is 1.19. The Labute approximate surface area is 75.9 Å². The first kappa shape index (κ1) is 7.79. The lowest BCUT2D eigenvalue weighted by Crippen LogP contribution is -2.37. The van der Waals surface area contributed by atoms with E-state index in [4.69, 9.17) is 0 Å². The van der Waals surface area contributed by atoms with Gasteiger partial charge in [-0.3, -0.25) is 15.2 Å². The molecule has 66 valence electrons. The van der Waals surface area contributed by atoms with Gasteiger partial charge in [-0.05, 0) is 12.1 Å². The van der Waals surface area contributed by atoms with Crippen molar-refractivity contribution in [2.75, 3.05) is 7.05 Å². The number of nitrogens with one attached hydrogen (secondary N) is 1. The number of hydrogen-bond donors (Lipinski definition) is 1. The van der Waals surface area contributed by atoms with Crippen LogP contribution >= 0.6 is 0 Å². The summed E-state index contributed by atoms with van der Waals surface area (Å²) in [7, 11) is 1.66. The summed E-state index contributed by atoms with van der Waals surface area (Å²) in [6, 6.07) is 7.25. The molecule has 1 N–H and O–H groups in total. The van der Waals surface area contributed by atoms with Gasteiger partial charge in [0.05, 0.1) is 11.3 Å². The van der Waals surface area contributed by atoms with Crippen LogP contribution in [0, 0.1) is 0 Å². The molecule has 0 aromatic heterocycles. The monoisotopic (exact) mass is 175 g/mol. The van der Waals surface area contributed by atoms with Crippen molar-refractivity contribution in [1.82, 2.24) is 10.4 Å². The van der Waals surface area contributed by atoms with E-state index in [-0.39, 0.29) is 5.91 Å². The fourth-order valence-electron chi connectivity index (χ4n) is 1.19. The molecule has 1 aliphatic rings. The van der Waals surface area contributed by atoms with Gasteiger partial charge < -0.3 is 0 Å². The Morgan fingerprint density at radius 3 is 3.00 bits per heavy atom. The predicted molar refractivity (Wildman–Crippen MR) is 49.8 cm³/mol. The van der Waals surface area contributed by atoms with Crippen molar-refractivity contribution in [2.24, 2.45) is 4.99 Å². The number of nitrogens with zero attached hydrogens (tertiary/aromatic N) is 2. The molecule has 1 heterocycles.